The molecular formula is C70H77N9O17S. The molecule has 27 heteroatoms. The zero-order valence-electron chi connectivity index (χ0n) is 54.1. The number of benzene rings is 3. The number of para-hydroxylation sites is 1. The third-order valence-electron chi connectivity index (χ3n) is 19.4. The van der Waals surface area contributed by atoms with Gasteiger partial charge in [-0.15, -0.1) is 0 Å². The number of anilines is 1. The van der Waals surface area contributed by atoms with Crippen LogP contribution in [0.4, 0.5) is 9.93 Å². The monoisotopic (exact) mass is 1350 g/mol. The maximum Gasteiger partial charge on any atom is 0.409 e. The van der Waals surface area contributed by atoms with Crippen LogP contribution in [-0.4, -0.2) is 178 Å². The number of thiazole rings is 1. The molecule has 13 rings (SSSR count). The number of ether oxygens (including phenoxy) is 5. The number of carboxylic acids is 2. The predicted octanol–water partition coefficient (Wildman–Crippen LogP) is 7.93. The van der Waals surface area contributed by atoms with E-state index in [1.807, 2.05) is 35.9 Å². The van der Waals surface area contributed by atoms with Gasteiger partial charge in [-0.25, -0.2) is 24.4 Å². The molecule has 7 aromatic rings. The number of likely N-dealkylation sites (N-methyl/N-ethyl adjacent to an activating group) is 1. The van der Waals surface area contributed by atoms with Gasteiger partial charge in [0, 0.05) is 109 Å². The number of unbranched alkanes of at least 4 members (excludes halogenated alkanes) is 2. The number of aromatic carboxylic acids is 1. The normalized spacial score (nSPS) is 24.8. The van der Waals surface area contributed by atoms with Crippen molar-refractivity contribution in [2.75, 3.05) is 45.2 Å². The molecule has 7 N–H and O–H groups in total. The molecule has 6 heterocycles. The molecular weight excluding hydrogens is 1270 g/mol. The molecule has 2 aliphatic heterocycles. The van der Waals surface area contributed by atoms with E-state index in [2.05, 4.69) is 34.4 Å². The number of carbonyl (C=O) groups excluding carboxylic acids is 5. The van der Waals surface area contributed by atoms with Crippen LogP contribution < -0.4 is 20.1 Å². The van der Waals surface area contributed by atoms with Crippen LogP contribution >= 0.6 is 11.3 Å². The molecule has 3 aromatic carbocycles. The first-order valence-corrected chi connectivity index (χ1v) is 33.3. The fourth-order valence-electron chi connectivity index (χ4n) is 15.3. The highest BCUT2D eigenvalue weighted by Crippen LogP contribution is 2.69. The van der Waals surface area contributed by atoms with Crippen LogP contribution in [0.15, 0.2) is 103 Å². The molecule has 6 aliphatic rings. The second kappa shape index (κ2) is 28.1. The van der Waals surface area contributed by atoms with Crippen molar-refractivity contribution in [1.29, 1.82) is 0 Å². The Morgan fingerprint density at radius 2 is 1.58 bits per heavy atom. The number of carbonyl (C=O) groups is 7. The smallest absolute Gasteiger partial charge is 0.409 e. The molecule has 5 amide bonds. The second-order valence-corrected chi connectivity index (χ2v) is 27.8. The summed E-state index contributed by atoms with van der Waals surface area (Å²) in [6.45, 7) is 7.80. The van der Waals surface area contributed by atoms with E-state index < -0.39 is 54.3 Å². The van der Waals surface area contributed by atoms with E-state index in [-0.39, 0.29) is 103 Å². The number of aliphatic hydroxyl groups excluding tert-OH is 3. The standard InChI is InChI=1S/C70H77N9O17S/c1-39-47(44-19-20-49(74-57(44)63(87)88)41-28-46-45(12-10-14-50(46)72-32-41)62(86)76-66-75-51-13-7-8-15-53(51)97-66)33-73-79(39)34-48-42-30-68(2)36-69(3,31-42)38-70(48,37-68)94-27-25-77(4)67(91)93-35-40-17-18-43(95-65-60(85)58(83)59(84)61(96-65)64(89)90)29-52(40)92-26-11-23-71-54(80)16-6-5-9-24-78-55(81)21-22-56(78)82/h7-8,10,12-15,17-22,28-29,32-33,42,48,58-61,65,83-85H,5-6,9,11,16,23-27,30-31,34-38H2,1-4H3,(H,71,80)(H,87,88)(H,89,90)(H,75,76,86)/t42?,48?,58-,59-,60-,61-,65+,68?,69?,70?/m0/s1. The van der Waals surface area contributed by atoms with Gasteiger partial charge in [0.25, 0.3) is 17.7 Å². The number of aliphatic carboxylic acids is 1. The van der Waals surface area contributed by atoms with E-state index in [1.54, 1.807) is 55.8 Å². The summed E-state index contributed by atoms with van der Waals surface area (Å²) < 4.78 is 33.2. The lowest BCUT2D eigenvalue weighted by molar-refractivity contribution is -0.271. The average molecular weight is 1350 g/mol. The van der Waals surface area contributed by atoms with Crippen LogP contribution in [0.5, 0.6) is 11.5 Å². The van der Waals surface area contributed by atoms with Gasteiger partial charge in [-0.05, 0) is 130 Å². The number of aliphatic hydroxyl groups is 3. The van der Waals surface area contributed by atoms with Crippen molar-refractivity contribution in [2.24, 2.45) is 22.7 Å². The first-order valence-electron chi connectivity index (χ1n) is 32.5. The Morgan fingerprint density at radius 1 is 0.814 bits per heavy atom. The number of amides is 5. The lowest BCUT2D eigenvalue weighted by atomic mass is 9.40. The fourth-order valence-corrected chi connectivity index (χ4v) is 16.1. The van der Waals surface area contributed by atoms with Crippen molar-refractivity contribution in [2.45, 2.75) is 134 Å². The molecule has 8 atom stereocenters. The number of aromatic nitrogens is 5. The Morgan fingerprint density at radius 3 is 2.33 bits per heavy atom. The van der Waals surface area contributed by atoms with Crippen molar-refractivity contribution in [3.63, 3.8) is 0 Å². The van der Waals surface area contributed by atoms with Crippen LogP contribution in [0.25, 0.3) is 43.5 Å². The third kappa shape index (κ3) is 14.6. The first kappa shape index (κ1) is 67.7. The van der Waals surface area contributed by atoms with Gasteiger partial charge in [0.05, 0.1) is 46.4 Å². The Bertz CT molecular complexity index is 4160. The van der Waals surface area contributed by atoms with Crippen LogP contribution in [0.2, 0.25) is 0 Å². The Labute approximate surface area is 561 Å². The number of imide groups is 1. The number of hydrogen-bond donors (Lipinski definition) is 7. The molecule has 0 spiro atoms. The number of hydrogen-bond acceptors (Lipinski definition) is 20. The number of carboxylic acid groups (broad SMARTS) is 2. The zero-order chi connectivity index (χ0) is 68.5. The first-order chi connectivity index (χ1) is 46.5. The number of fused-ring (bicyclic) bond motifs is 2. The highest BCUT2D eigenvalue weighted by Gasteiger charge is 2.65. The number of pyridine rings is 2. The van der Waals surface area contributed by atoms with Gasteiger partial charge in [-0.3, -0.25) is 39.1 Å². The van der Waals surface area contributed by atoms with E-state index in [9.17, 15) is 59.1 Å². The molecule has 4 aromatic heterocycles. The molecule has 26 nitrogen and oxygen atoms in total. The predicted molar refractivity (Wildman–Crippen MR) is 352 cm³/mol. The van der Waals surface area contributed by atoms with E-state index >= 15 is 0 Å². The number of rotatable bonds is 27. The van der Waals surface area contributed by atoms with Crippen molar-refractivity contribution in [1.82, 2.24) is 39.8 Å². The molecule has 5 fully saturated rings. The summed E-state index contributed by atoms with van der Waals surface area (Å²) in [5, 5.41) is 63.4. The lowest BCUT2D eigenvalue weighted by Crippen LogP contribution is -2.65. The Hall–Kier alpha value is -9.25. The maximum atomic E-state index is 13.8. The Balaban J connectivity index is 0.688. The van der Waals surface area contributed by atoms with E-state index in [0.717, 1.165) is 52.9 Å². The molecule has 97 heavy (non-hydrogen) atoms. The van der Waals surface area contributed by atoms with Crippen molar-refractivity contribution in [3.05, 3.63) is 126 Å². The van der Waals surface area contributed by atoms with Gasteiger partial charge in [0.1, 0.15) is 36.4 Å². The molecule has 1 saturated heterocycles. The second-order valence-electron chi connectivity index (χ2n) is 26.7. The number of nitrogens with one attached hydrogen (secondary N) is 2. The minimum Gasteiger partial charge on any atom is -0.493 e. The van der Waals surface area contributed by atoms with Gasteiger partial charge >= 0.3 is 18.0 Å². The van der Waals surface area contributed by atoms with Gasteiger partial charge in [-0.2, -0.15) is 5.10 Å². The van der Waals surface area contributed by atoms with Crippen molar-refractivity contribution < 1.29 is 82.8 Å². The van der Waals surface area contributed by atoms with Crippen LogP contribution in [0.3, 0.4) is 0 Å². The lowest BCUT2D eigenvalue weighted by Gasteiger charge is -2.68. The largest absolute Gasteiger partial charge is 0.493 e. The molecule has 4 aliphatic carbocycles. The van der Waals surface area contributed by atoms with Gasteiger partial charge < -0.3 is 59.4 Å². The SMILES string of the molecule is Cc1c(-c2ccc(-c3cnc4cccc(C(=O)Nc5nc6ccccc6s5)c4c3)nc2C(=O)O)cnn1CC1C2CC3(C)CC(C)(C2)CC1(OCCN(C)C(=O)OCc1ccc(O[C@@H]2O[C@H](C(=O)O)[C@@H](O)[C@H](O)[C@@H]2O)cc1OCCCNC(=O)CCCCCN1C(=O)C=CC1=O)C3. The summed E-state index contributed by atoms with van der Waals surface area (Å²) in [4.78, 5) is 105. The minimum atomic E-state index is -1.94. The molecule has 0 radical (unpaired) electrons. The molecule has 3 unspecified atom stereocenters. The van der Waals surface area contributed by atoms with Crippen molar-refractivity contribution in [3.8, 4) is 33.9 Å². The quantitative estimate of drug-likeness (QED) is 0.0190. The third-order valence-corrected chi connectivity index (χ3v) is 20.3. The van der Waals surface area contributed by atoms with Crippen LogP contribution in [-0.2, 0) is 46.5 Å². The minimum absolute atomic E-state index is 0.0155. The summed E-state index contributed by atoms with van der Waals surface area (Å²) in [6.07, 6.45) is 2.85. The van der Waals surface area contributed by atoms with Gasteiger partial charge in [0.15, 0.2) is 16.9 Å². The van der Waals surface area contributed by atoms with E-state index in [0.29, 0.717) is 87.7 Å². The van der Waals surface area contributed by atoms with Crippen molar-refractivity contribution >= 4 is 79.2 Å². The topological polar surface area (TPSA) is 354 Å². The van der Waals surface area contributed by atoms with E-state index in [4.69, 9.17) is 33.8 Å². The summed E-state index contributed by atoms with van der Waals surface area (Å²) in [7, 11) is 1.61. The summed E-state index contributed by atoms with van der Waals surface area (Å²) in [6, 6.07) is 22.6. The van der Waals surface area contributed by atoms with Gasteiger partial charge in [-0.1, -0.05) is 49.8 Å². The van der Waals surface area contributed by atoms with Crippen LogP contribution in [0, 0.1) is 29.6 Å². The Kier molecular flexibility index (Phi) is 19.6. The summed E-state index contributed by atoms with van der Waals surface area (Å²) in [5.41, 5.74) is 4.07. The van der Waals surface area contributed by atoms with Gasteiger partial charge in [0.2, 0.25) is 12.2 Å². The molecule has 510 valence electrons. The maximum absolute atomic E-state index is 13.8. The molecule has 4 saturated carbocycles. The summed E-state index contributed by atoms with van der Waals surface area (Å²) in [5.74, 6) is -3.55. The average Bonchev–Trinajstić information content (AvgIpc) is 1.15. The zero-order valence-corrected chi connectivity index (χ0v) is 54.9. The highest BCUT2D eigenvalue weighted by atomic mass is 32.1. The summed E-state index contributed by atoms with van der Waals surface area (Å²) >= 11 is 1.37. The molecule has 4 bridgehead atoms. The van der Waals surface area contributed by atoms with Crippen LogP contribution in [0.1, 0.15) is 110 Å². The highest BCUT2D eigenvalue weighted by molar-refractivity contribution is 7.22. The number of nitrogens with zero attached hydrogens (tertiary/aromatic N) is 7. The fraction of sp³-hybridized carbons (Fsp3) is 0.443. The van der Waals surface area contributed by atoms with E-state index in [1.165, 1.54) is 46.6 Å².